The maximum Gasteiger partial charge on any atom is 0.303 e. The van der Waals surface area contributed by atoms with Crippen LogP contribution in [0.3, 0.4) is 0 Å². The van der Waals surface area contributed by atoms with Gasteiger partial charge in [-0.1, -0.05) is 59.7 Å². The second kappa shape index (κ2) is 19.3. The molecule has 0 aliphatic heterocycles. The van der Waals surface area contributed by atoms with Gasteiger partial charge in [0, 0.05) is 12.1 Å². The molecule has 0 saturated carbocycles. The highest BCUT2D eigenvalue weighted by molar-refractivity contribution is 5.95. The first-order valence-corrected chi connectivity index (χ1v) is 15.8. The summed E-state index contributed by atoms with van der Waals surface area (Å²) in [5, 5.41) is 59.5. The fourth-order valence-electron chi connectivity index (χ4n) is 4.66. The van der Waals surface area contributed by atoms with Crippen molar-refractivity contribution in [3.8, 4) is 0 Å². The highest BCUT2D eigenvalue weighted by atomic mass is 16.7. The third-order valence-corrected chi connectivity index (χ3v) is 7.40. The number of aliphatic carboxylic acids is 1. The molecular formula is C32H53N5O10. The van der Waals surface area contributed by atoms with E-state index in [2.05, 4.69) is 21.3 Å². The van der Waals surface area contributed by atoms with E-state index in [0.717, 1.165) is 0 Å². The summed E-state index contributed by atoms with van der Waals surface area (Å²) in [6, 6.07) is 1.56. The third-order valence-electron chi connectivity index (χ3n) is 7.40. The summed E-state index contributed by atoms with van der Waals surface area (Å²) < 4.78 is 0. The van der Waals surface area contributed by atoms with Gasteiger partial charge < -0.3 is 52.5 Å². The van der Waals surface area contributed by atoms with E-state index >= 15 is 0 Å². The number of aliphatic hydroxyl groups excluding tert-OH is 1. The van der Waals surface area contributed by atoms with E-state index in [-0.39, 0.29) is 49.1 Å². The van der Waals surface area contributed by atoms with Gasteiger partial charge in [-0.05, 0) is 61.5 Å². The first-order valence-electron chi connectivity index (χ1n) is 15.8. The normalized spacial score (nSPS) is 15.0. The number of aryl methyl sites for hydroxylation is 1. The SMILES string of the molecule is CC(C)C[C@H](NC(=O)[C@H](CC(C)C)NC(=O)[C@@H](N)C(C)C)C(=O)NC(CCC(O)C(=O)Nc1ccccc1CCC(=O)O)C(O)(O)O. The van der Waals surface area contributed by atoms with Gasteiger partial charge in [-0.3, -0.25) is 24.0 Å². The molecule has 11 N–H and O–H groups in total. The molecule has 1 aromatic carbocycles. The summed E-state index contributed by atoms with van der Waals surface area (Å²) in [7, 11) is 0. The number of carbonyl (C=O) groups excluding carboxylic acids is 4. The Morgan fingerprint density at radius 1 is 0.766 bits per heavy atom. The van der Waals surface area contributed by atoms with E-state index in [1.165, 1.54) is 6.07 Å². The number of carboxylic acids is 1. The smallest absolute Gasteiger partial charge is 0.303 e. The van der Waals surface area contributed by atoms with Crippen molar-refractivity contribution in [2.45, 2.75) is 116 Å². The minimum Gasteiger partial charge on any atom is -0.481 e. The molecule has 0 radical (unpaired) electrons. The predicted molar refractivity (Wildman–Crippen MR) is 173 cm³/mol. The Bertz CT molecular complexity index is 1200. The quantitative estimate of drug-likeness (QED) is 0.0824. The Balaban J connectivity index is 3.03. The number of rotatable bonds is 20. The summed E-state index contributed by atoms with van der Waals surface area (Å²) in [5.41, 5.74) is 6.76. The van der Waals surface area contributed by atoms with Crippen molar-refractivity contribution in [2.24, 2.45) is 23.5 Å². The summed E-state index contributed by atoms with van der Waals surface area (Å²) in [6.45, 7) is 10.8. The topological polar surface area (TPSA) is 261 Å². The van der Waals surface area contributed by atoms with Crippen molar-refractivity contribution in [1.29, 1.82) is 0 Å². The lowest BCUT2D eigenvalue weighted by Crippen LogP contribution is -2.60. The van der Waals surface area contributed by atoms with Crippen LogP contribution in [-0.2, 0) is 30.4 Å². The van der Waals surface area contributed by atoms with Gasteiger partial charge in [0.1, 0.15) is 24.2 Å². The minimum atomic E-state index is -3.46. The largest absolute Gasteiger partial charge is 0.481 e. The van der Waals surface area contributed by atoms with Gasteiger partial charge >= 0.3 is 5.97 Å². The number of hydrogen-bond donors (Lipinski definition) is 10. The van der Waals surface area contributed by atoms with Crippen molar-refractivity contribution in [1.82, 2.24) is 16.0 Å². The molecule has 4 amide bonds. The molecule has 0 saturated heterocycles. The number of carboxylic acid groups (broad SMARTS) is 1. The Kier molecular flexibility index (Phi) is 17.0. The highest BCUT2D eigenvalue weighted by Gasteiger charge is 2.37. The number of nitrogens with two attached hydrogens (primary N) is 1. The molecule has 0 aromatic heterocycles. The molecule has 47 heavy (non-hydrogen) atoms. The third kappa shape index (κ3) is 15.2. The van der Waals surface area contributed by atoms with Crippen LogP contribution in [0.5, 0.6) is 0 Å². The maximum atomic E-state index is 13.4. The molecule has 0 spiro atoms. The van der Waals surface area contributed by atoms with E-state index in [1.54, 1.807) is 45.9 Å². The fourth-order valence-corrected chi connectivity index (χ4v) is 4.66. The summed E-state index contributed by atoms with van der Waals surface area (Å²) >= 11 is 0. The second-order valence-electron chi connectivity index (χ2n) is 13.0. The minimum absolute atomic E-state index is 0.0105. The fraction of sp³-hybridized carbons (Fsp3) is 0.656. The number of para-hydroxylation sites is 1. The lowest BCUT2D eigenvalue weighted by atomic mass is 9.98. The molecule has 1 rings (SSSR count). The lowest BCUT2D eigenvalue weighted by Gasteiger charge is -2.31. The Labute approximate surface area is 275 Å². The first-order chi connectivity index (χ1) is 21.7. The van der Waals surface area contributed by atoms with Crippen LogP contribution in [0, 0.1) is 17.8 Å². The van der Waals surface area contributed by atoms with E-state index in [4.69, 9.17) is 10.8 Å². The standard InChI is InChI=1S/C32H53N5O10/c1-17(2)15-22(36-31(44)27(33)19(5)6)28(41)35-23(16-18(3)4)29(42)37-25(32(45,46)47)13-12-24(38)30(43)34-21-10-8-7-9-20(21)11-14-26(39)40/h7-10,17-19,22-25,27,38,45-47H,11-16,33H2,1-6H3,(H,34,43)(H,35,41)(H,36,44)(H,37,42)(H,39,40)/t22-,23-,24?,25?,27-/m0/s1. The summed E-state index contributed by atoms with van der Waals surface area (Å²) in [6.07, 6.45) is -2.32. The van der Waals surface area contributed by atoms with Gasteiger partial charge in [0.25, 0.3) is 11.9 Å². The average Bonchev–Trinajstić information content (AvgIpc) is 2.95. The molecule has 15 nitrogen and oxygen atoms in total. The number of nitrogens with one attached hydrogen (secondary N) is 4. The number of hydrogen-bond acceptors (Lipinski definition) is 10. The van der Waals surface area contributed by atoms with Crippen molar-refractivity contribution in [2.75, 3.05) is 5.32 Å². The maximum absolute atomic E-state index is 13.4. The molecule has 1 aromatic rings. The van der Waals surface area contributed by atoms with Gasteiger partial charge in [0.2, 0.25) is 17.7 Å². The highest BCUT2D eigenvalue weighted by Crippen LogP contribution is 2.19. The van der Waals surface area contributed by atoms with Crippen molar-refractivity contribution >= 4 is 35.3 Å². The van der Waals surface area contributed by atoms with Gasteiger partial charge in [-0.15, -0.1) is 0 Å². The second-order valence-corrected chi connectivity index (χ2v) is 13.0. The molecule has 0 bridgehead atoms. The predicted octanol–water partition coefficient (Wildman–Crippen LogP) is -0.0560. The number of anilines is 1. The number of aliphatic hydroxyl groups is 4. The average molecular weight is 668 g/mol. The number of benzene rings is 1. The van der Waals surface area contributed by atoms with Crippen molar-refractivity contribution in [3.05, 3.63) is 29.8 Å². The number of carbonyl (C=O) groups is 5. The van der Waals surface area contributed by atoms with E-state index < -0.39 is 78.7 Å². The van der Waals surface area contributed by atoms with Crippen LogP contribution in [0.25, 0.3) is 0 Å². The summed E-state index contributed by atoms with van der Waals surface area (Å²) in [4.78, 5) is 63.0. The number of amides is 4. The van der Waals surface area contributed by atoms with Crippen molar-refractivity contribution < 1.29 is 49.5 Å². The van der Waals surface area contributed by atoms with Crippen LogP contribution in [0.4, 0.5) is 5.69 Å². The van der Waals surface area contributed by atoms with E-state index in [9.17, 15) is 44.4 Å². The van der Waals surface area contributed by atoms with E-state index in [0.29, 0.717) is 5.56 Å². The first kappa shape index (κ1) is 41.4. The van der Waals surface area contributed by atoms with Gasteiger partial charge in [0.15, 0.2) is 0 Å². The van der Waals surface area contributed by atoms with Crippen LogP contribution < -0.4 is 27.0 Å². The molecule has 0 aliphatic rings. The van der Waals surface area contributed by atoms with Crippen LogP contribution in [0.2, 0.25) is 0 Å². The molecular weight excluding hydrogens is 614 g/mol. The Morgan fingerprint density at radius 3 is 1.77 bits per heavy atom. The van der Waals surface area contributed by atoms with Crippen molar-refractivity contribution in [3.63, 3.8) is 0 Å². The summed E-state index contributed by atoms with van der Waals surface area (Å²) in [5.74, 6) is -7.73. The van der Waals surface area contributed by atoms with Crippen LogP contribution >= 0.6 is 0 Å². The zero-order chi connectivity index (χ0) is 36.1. The van der Waals surface area contributed by atoms with E-state index in [1.807, 2.05) is 13.8 Å². The molecule has 2 unspecified atom stereocenters. The van der Waals surface area contributed by atoms with Gasteiger partial charge in [0.05, 0.1) is 6.04 Å². The van der Waals surface area contributed by atoms with Crippen LogP contribution in [-0.4, -0.2) is 91.4 Å². The zero-order valence-electron chi connectivity index (χ0n) is 28.0. The van der Waals surface area contributed by atoms with Gasteiger partial charge in [-0.25, -0.2) is 0 Å². The molecule has 0 fully saturated rings. The van der Waals surface area contributed by atoms with Gasteiger partial charge in [-0.2, -0.15) is 0 Å². The Hall–Kier alpha value is -3.63. The molecule has 266 valence electrons. The van der Waals surface area contributed by atoms with Crippen LogP contribution in [0.1, 0.15) is 79.2 Å². The molecule has 0 aliphatic carbocycles. The molecule has 5 atom stereocenters. The Morgan fingerprint density at radius 2 is 1.28 bits per heavy atom. The lowest BCUT2D eigenvalue weighted by molar-refractivity contribution is -0.327. The van der Waals surface area contributed by atoms with Crippen LogP contribution in [0.15, 0.2) is 24.3 Å². The molecule has 15 heteroatoms. The molecule has 0 heterocycles. The monoisotopic (exact) mass is 667 g/mol. The zero-order valence-corrected chi connectivity index (χ0v) is 28.0.